The van der Waals surface area contributed by atoms with Gasteiger partial charge in [-0.3, -0.25) is 4.79 Å². The molecule has 0 saturated carbocycles. The molecule has 1 saturated heterocycles. The number of rotatable bonds is 2. The Hall–Kier alpha value is -1.33. The molecule has 2 unspecified atom stereocenters. The fourth-order valence-electron chi connectivity index (χ4n) is 1.97. The van der Waals surface area contributed by atoms with E-state index in [0.717, 1.165) is 12.8 Å². The van der Waals surface area contributed by atoms with Crippen LogP contribution in [0.2, 0.25) is 0 Å². The number of aromatic nitrogens is 1. The van der Waals surface area contributed by atoms with Crippen molar-refractivity contribution in [3.8, 4) is 0 Å². The highest BCUT2D eigenvalue weighted by Crippen LogP contribution is 2.13. The van der Waals surface area contributed by atoms with E-state index < -0.39 is 0 Å². The highest BCUT2D eigenvalue weighted by Gasteiger charge is 2.21. The van der Waals surface area contributed by atoms with Crippen molar-refractivity contribution in [3.63, 3.8) is 0 Å². The van der Waals surface area contributed by atoms with E-state index in [9.17, 15) is 4.79 Å². The molecule has 5 nitrogen and oxygen atoms in total. The van der Waals surface area contributed by atoms with Gasteiger partial charge in [-0.1, -0.05) is 6.07 Å². The predicted molar refractivity (Wildman–Crippen MR) is 71.8 cm³/mol. The number of hydrogen-bond donors (Lipinski definition) is 2. The van der Waals surface area contributed by atoms with E-state index in [4.69, 9.17) is 10.5 Å². The zero-order chi connectivity index (χ0) is 12.3. The molecular weight excluding hydrogens is 254 g/mol. The highest BCUT2D eigenvalue weighted by atomic mass is 35.5. The molecule has 0 aromatic carbocycles. The van der Waals surface area contributed by atoms with Crippen molar-refractivity contribution in [1.82, 2.24) is 10.3 Å². The Morgan fingerprint density at radius 2 is 2.33 bits per heavy atom. The first-order chi connectivity index (χ1) is 8.15. The Morgan fingerprint density at radius 1 is 1.56 bits per heavy atom. The van der Waals surface area contributed by atoms with Crippen LogP contribution in [0.4, 0.5) is 5.82 Å². The summed E-state index contributed by atoms with van der Waals surface area (Å²) < 4.78 is 5.43. The fraction of sp³-hybridized carbons (Fsp3) is 0.500. The average molecular weight is 272 g/mol. The quantitative estimate of drug-likeness (QED) is 0.852. The molecule has 2 atom stereocenters. The molecule has 100 valence electrons. The number of halogens is 1. The summed E-state index contributed by atoms with van der Waals surface area (Å²) in [5.74, 6) is 0.189. The van der Waals surface area contributed by atoms with E-state index in [-0.39, 0.29) is 30.5 Å². The van der Waals surface area contributed by atoms with Gasteiger partial charge in [-0.2, -0.15) is 0 Å². The minimum Gasteiger partial charge on any atom is -0.384 e. The molecule has 1 aliphatic heterocycles. The Bertz CT molecular complexity index is 414. The summed E-state index contributed by atoms with van der Waals surface area (Å²) in [5, 5.41) is 2.96. The average Bonchev–Trinajstić information content (AvgIpc) is 2.29. The number of carbonyl (C=O) groups excluding carboxylic acids is 1. The maximum absolute atomic E-state index is 11.9. The van der Waals surface area contributed by atoms with Crippen molar-refractivity contribution in [3.05, 3.63) is 23.9 Å². The van der Waals surface area contributed by atoms with E-state index in [0.29, 0.717) is 18.1 Å². The van der Waals surface area contributed by atoms with E-state index >= 15 is 0 Å². The second kappa shape index (κ2) is 6.56. The number of nitrogen functional groups attached to an aromatic ring is 1. The number of nitrogens with zero attached hydrogens (tertiary/aromatic N) is 1. The van der Waals surface area contributed by atoms with Gasteiger partial charge < -0.3 is 15.8 Å². The third-order valence-electron chi connectivity index (χ3n) is 2.82. The molecule has 1 aliphatic rings. The van der Waals surface area contributed by atoms with Gasteiger partial charge in [0.05, 0.1) is 6.10 Å². The summed E-state index contributed by atoms with van der Waals surface area (Å²) in [6.45, 7) is 2.70. The third kappa shape index (κ3) is 3.85. The highest BCUT2D eigenvalue weighted by molar-refractivity contribution is 5.92. The van der Waals surface area contributed by atoms with E-state index in [2.05, 4.69) is 10.3 Å². The van der Waals surface area contributed by atoms with Crippen LogP contribution >= 0.6 is 12.4 Å². The monoisotopic (exact) mass is 271 g/mol. The molecule has 1 amide bonds. The summed E-state index contributed by atoms with van der Waals surface area (Å²) in [6.07, 6.45) is 1.88. The molecular formula is C12H18ClN3O2. The minimum atomic E-state index is -0.170. The molecule has 0 aliphatic carbocycles. The van der Waals surface area contributed by atoms with Gasteiger partial charge >= 0.3 is 0 Å². The van der Waals surface area contributed by atoms with Crippen LogP contribution in [0.5, 0.6) is 0 Å². The summed E-state index contributed by atoms with van der Waals surface area (Å²) in [4.78, 5) is 15.9. The minimum absolute atomic E-state index is 0. The molecule has 18 heavy (non-hydrogen) atoms. The Kier molecular flexibility index (Phi) is 5.37. The molecule has 3 N–H and O–H groups in total. The summed E-state index contributed by atoms with van der Waals surface area (Å²) in [7, 11) is 0. The zero-order valence-electron chi connectivity index (χ0n) is 10.3. The second-order valence-electron chi connectivity index (χ2n) is 4.32. The van der Waals surface area contributed by atoms with Gasteiger partial charge in [-0.15, -0.1) is 12.4 Å². The Balaban J connectivity index is 0.00000162. The van der Waals surface area contributed by atoms with Gasteiger partial charge in [0.25, 0.3) is 5.91 Å². The molecule has 2 rings (SSSR count). The number of ether oxygens (including phenoxy) is 1. The van der Waals surface area contributed by atoms with E-state index in [1.54, 1.807) is 18.2 Å². The number of anilines is 1. The molecule has 6 heteroatoms. The number of amides is 1. The van der Waals surface area contributed by atoms with Crippen molar-refractivity contribution in [2.24, 2.45) is 0 Å². The lowest BCUT2D eigenvalue weighted by molar-refractivity contribution is 0.0136. The maximum Gasteiger partial charge on any atom is 0.270 e. The van der Waals surface area contributed by atoms with Crippen molar-refractivity contribution < 1.29 is 9.53 Å². The smallest absolute Gasteiger partial charge is 0.270 e. The van der Waals surface area contributed by atoms with Crippen molar-refractivity contribution >= 4 is 24.1 Å². The van der Waals surface area contributed by atoms with Crippen LogP contribution < -0.4 is 11.1 Å². The van der Waals surface area contributed by atoms with Crippen LogP contribution in [0.1, 0.15) is 30.3 Å². The Morgan fingerprint density at radius 3 is 3.00 bits per heavy atom. The largest absolute Gasteiger partial charge is 0.384 e. The number of nitrogens with two attached hydrogens (primary N) is 1. The van der Waals surface area contributed by atoms with Crippen LogP contribution in [0.3, 0.4) is 0 Å². The number of carbonyl (C=O) groups is 1. The number of nitrogens with one attached hydrogen (secondary N) is 1. The first-order valence-electron chi connectivity index (χ1n) is 5.80. The Labute approximate surface area is 113 Å². The lowest BCUT2D eigenvalue weighted by Gasteiger charge is -2.27. The van der Waals surface area contributed by atoms with Gasteiger partial charge in [0.15, 0.2) is 0 Å². The van der Waals surface area contributed by atoms with E-state index in [1.807, 2.05) is 6.92 Å². The van der Waals surface area contributed by atoms with Gasteiger partial charge in [0.1, 0.15) is 11.5 Å². The zero-order valence-corrected chi connectivity index (χ0v) is 11.1. The topological polar surface area (TPSA) is 77.2 Å². The third-order valence-corrected chi connectivity index (χ3v) is 2.82. The molecule has 0 radical (unpaired) electrons. The lowest BCUT2D eigenvalue weighted by Crippen LogP contribution is -2.41. The van der Waals surface area contributed by atoms with Crippen molar-refractivity contribution in [2.45, 2.75) is 31.9 Å². The molecule has 0 bridgehead atoms. The van der Waals surface area contributed by atoms with Gasteiger partial charge in [-0.05, 0) is 31.9 Å². The van der Waals surface area contributed by atoms with Gasteiger partial charge in [-0.25, -0.2) is 4.98 Å². The standard InChI is InChI=1S/C12H17N3O2.ClH/c1-8-7-9(5-6-17-8)14-12(16)10-3-2-4-11(13)15-10;/h2-4,8-9H,5-7H2,1H3,(H2,13,15)(H,14,16);1H. The predicted octanol–water partition coefficient (Wildman–Crippen LogP) is 1.38. The molecule has 1 fully saturated rings. The summed E-state index contributed by atoms with van der Waals surface area (Å²) in [5.41, 5.74) is 5.91. The number of pyridine rings is 1. The van der Waals surface area contributed by atoms with Crippen LogP contribution in [0.15, 0.2) is 18.2 Å². The SMILES string of the molecule is CC1CC(NC(=O)c2cccc(N)n2)CCO1.Cl. The van der Waals surface area contributed by atoms with Crippen molar-refractivity contribution in [1.29, 1.82) is 0 Å². The summed E-state index contributed by atoms with van der Waals surface area (Å²) in [6, 6.07) is 5.21. The first-order valence-corrected chi connectivity index (χ1v) is 5.80. The maximum atomic E-state index is 11.9. The lowest BCUT2D eigenvalue weighted by atomic mass is 10.0. The number of hydrogen-bond acceptors (Lipinski definition) is 4. The van der Waals surface area contributed by atoms with Gasteiger partial charge in [0.2, 0.25) is 0 Å². The fourth-order valence-corrected chi connectivity index (χ4v) is 1.97. The van der Waals surface area contributed by atoms with Crippen LogP contribution in [0, 0.1) is 0 Å². The summed E-state index contributed by atoms with van der Waals surface area (Å²) >= 11 is 0. The van der Waals surface area contributed by atoms with Crippen molar-refractivity contribution in [2.75, 3.05) is 12.3 Å². The van der Waals surface area contributed by atoms with Gasteiger partial charge in [0, 0.05) is 12.6 Å². The normalized spacial score (nSPS) is 22.9. The second-order valence-corrected chi connectivity index (χ2v) is 4.32. The molecule has 0 spiro atoms. The van der Waals surface area contributed by atoms with Crippen LogP contribution in [0.25, 0.3) is 0 Å². The molecule has 1 aromatic heterocycles. The van der Waals surface area contributed by atoms with Crippen LogP contribution in [-0.4, -0.2) is 29.6 Å². The molecule has 1 aromatic rings. The van der Waals surface area contributed by atoms with E-state index in [1.165, 1.54) is 0 Å². The van der Waals surface area contributed by atoms with Crippen LogP contribution in [-0.2, 0) is 4.74 Å². The first kappa shape index (κ1) is 14.7. The molecule has 2 heterocycles.